The Bertz CT molecular complexity index is 718. The summed E-state index contributed by atoms with van der Waals surface area (Å²) in [5.41, 5.74) is -1.18. The van der Waals surface area contributed by atoms with Crippen molar-refractivity contribution in [2.75, 3.05) is 5.32 Å². The molecule has 20 heavy (non-hydrogen) atoms. The number of nitrogens with one attached hydrogen (secondary N) is 2. The van der Waals surface area contributed by atoms with Gasteiger partial charge >= 0.3 is 0 Å². The first-order valence-electron chi connectivity index (χ1n) is 5.53. The number of carbonyl (C=O) groups is 1. The van der Waals surface area contributed by atoms with E-state index in [0.717, 1.165) is 6.20 Å². The second-order valence-electron chi connectivity index (χ2n) is 4.09. The van der Waals surface area contributed by atoms with Crippen LogP contribution in [0.4, 0.5) is 18.9 Å². The number of halogens is 3. The molecule has 0 aliphatic carbocycles. The minimum Gasteiger partial charge on any atom is -0.364 e. The summed E-state index contributed by atoms with van der Waals surface area (Å²) < 4.78 is 39.5. The van der Waals surface area contributed by atoms with Gasteiger partial charge in [-0.3, -0.25) is 9.59 Å². The number of hydrogen-bond donors (Lipinski definition) is 2. The Labute approximate surface area is 111 Å². The summed E-state index contributed by atoms with van der Waals surface area (Å²) in [4.78, 5) is 26.0. The molecule has 0 aliphatic rings. The van der Waals surface area contributed by atoms with E-state index in [1.165, 1.54) is 6.07 Å². The predicted octanol–water partition coefficient (Wildman–Crippen LogP) is 2.35. The zero-order valence-electron chi connectivity index (χ0n) is 10.3. The van der Waals surface area contributed by atoms with Crippen LogP contribution in [-0.2, 0) is 0 Å². The fraction of sp³-hybridized carbons (Fsp3) is 0.0769. The number of pyridine rings is 1. The summed E-state index contributed by atoms with van der Waals surface area (Å²) >= 11 is 0. The average Bonchev–Trinajstić information content (AvgIpc) is 2.33. The lowest BCUT2D eigenvalue weighted by Crippen LogP contribution is -2.22. The zero-order chi connectivity index (χ0) is 14.9. The quantitative estimate of drug-likeness (QED) is 0.888. The number of amides is 1. The van der Waals surface area contributed by atoms with Crippen molar-refractivity contribution in [2.24, 2.45) is 0 Å². The first kappa shape index (κ1) is 13.9. The first-order chi connectivity index (χ1) is 9.38. The van der Waals surface area contributed by atoms with E-state index in [9.17, 15) is 22.8 Å². The molecule has 2 rings (SSSR count). The van der Waals surface area contributed by atoms with Crippen LogP contribution in [0.15, 0.2) is 29.2 Å². The molecule has 0 saturated carbocycles. The molecule has 0 atom stereocenters. The van der Waals surface area contributed by atoms with Crippen molar-refractivity contribution >= 4 is 11.6 Å². The molecule has 0 saturated heterocycles. The Kier molecular flexibility index (Phi) is 3.60. The summed E-state index contributed by atoms with van der Waals surface area (Å²) in [6.45, 7) is 1.61. The predicted molar refractivity (Wildman–Crippen MR) is 66.1 cm³/mol. The number of anilines is 1. The van der Waals surface area contributed by atoms with Gasteiger partial charge in [0.05, 0.1) is 0 Å². The van der Waals surface area contributed by atoms with Gasteiger partial charge in [0, 0.05) is 30.1 Å². The molecule has 1 aromatic carbocycles. The van der Waals surface area contributed by atoms with Crippen LogP contribution < -0.4 is 10.7 Å². The molecular weight excluding hydrogens is 273 g/mol. The van der Waals surface area contributed by atoms with Crippen LogP contribution in [0.3, 0.4) is 0 Å². The molecule has 4 nitrogen and oxygen atoms in total. The summed E-state index contributed by atoms with van der Waals surface area (Å²) in [6.07, 6.45) is 1.13. The molecule has 104 valence electrons. The number of aromatic nitrogens is 1. The van der Waals surface area contributed by atoms with Crippen molar-refractivity contribution in [3.05, 3.63) is 63.3 Å². The Hall–Kier alpha value is -2.57. The second-order valence-corrected chi connectivity index (χ2v) is 4.09. The molecule has 1 aromatic heterocycles. The molecule has 2 aromatic rings. The lowest BCUT2D eigenvalue weighted by molar-refractivity contribution is 0.102. The van der Waals surface area contributed by atoms with Crippen molar-refractivity contribution in [3.63, 3.8) is 0 Å². The van der Waals surface area contributed by atoms with Crippen molar-refractivity contribution in [1.29, 1.82) is 0 Å². The summed E-state index contributed by atoms with van der Waals surface area (Å²) in [7, 11) is 0. The maximum atomic E-state index is 13.4. The van der Waals surface area contributed by atoms with E-state index < -0.39 is 34.5 Å². The van der Waals surface area contributed by atoms with Crippen molar-refractivity contribution < 1.29 is 18.0 Å². The number of hydrogen-bond acceptors (Lipinski definition) is 2. The van der Waals surface area contributed by atoms with Gasteiger partial charge in [-0.2, -0.15) is 0 Å². The van der Waals surface area contributed by atoms with E-state index in [2.05, 4.69) is 4.98 Å². The highest BCUT2D eigenvalue weighted by atomic mass is 19.1. The molecule has 0 aliphatic heterocycles. The molecule has 2 N–H and O–H groups in total. The lowest BCUT2D eigenvalue weighted by atomic mass is 10.2. The van der Waals surface area contributed by atoms with E-state index in [1.807, 2.05) is 5.32 Å². The maximum absolute atomic E-state index is 13.4. The molecule has 0 fully saturated rings. The molecule has 1 amide bonds. The fourth-order valence-electron chi connectivity index (χ4n) is 1.59. The Morgan fingerprint density at radius 1 is 1.15 bits per heavy atom. The van der Waals surface area contributed by atoms with Gasteiger partial charge in [0.15, 0.2) is 17.1 Å². The van der Waals surface area contributed by atoms with Crippen LogP contribution in [0.2, 0.25) is 0 Å². The zero-order valence-corrected chi connectivity index (χ0v) is 10.3. The van der Waals surface area contributed by atoms with Gasteiger partial charge in [0.25, 0.3) is 5.91 Å². The Morgan fingerprint density at radius 3 is 2.30 bits per heavy atom. The summed E-state index contributed by atoms with van der Waals surface area (Å²) in [5, 5.41) is 1.91. The van der Waals surface area contributed by atoms with Crippen molar-refractivity contribution in [2.45, 2.75) is 6.92 Å². The standard InChI is InChI=1S/C13H9F3N2O2/c1-6-2-11(19)8(5-17-6)13(20)18-12-9(15)3-7(14)4-10(12)16/h2-5H,1H3,(H,17,19)(H,18,20). The van der Waals surface area contributed by atoms with Crippen LogP contribution in [0.25, 0.3) is 0 Å². The van der Waals surface area contributed by atoms with Crippen LogP contribution in [0.1, 0.15) is 16.1 Å². The highest BCUT2D eigenvalue weighted by Gasteiger charge is 2.17. The molecule has 7 heteroatoms. The minimum atomic E-state index is -1.26. The molecular formula is C13H9F3N2O2. The van der Waals surface area contributed by atoms with E-state index in [4.69, 9.17) is 0 Å². The van der Waals surface area contributed by atoms with Crippen molar-refractivity contribution in [3.8, 4) is 0 Å². The molecule has 0 spiro atoms. The maximum Gasteiger partial charge on any atom is 0.261 e. The molecule has 0 radical (unpaired) electrons. The molecule has 0 unspecified atom stereocenters. The summed E-state index contributed by atoms with van der Waals surface area (Å²) in [5.74, 6) is -4.62. The van der Waals surface area contributed by atoms with Gasteiger partial charge in [-0.05, 0) is 6.92 Å². The largest absolute Gasteiger partial charge is 0.364 e. The van der Waals surface area contributed by atoms with Crippen LogP contribution in [0, 0.1) is 24.4 Å². The number of H-pyrrole nitrogens is 1. The smallest absolute Gasteiger partial charge is 0.261 e. The van der Waals surface area contributed by atoms with E-state index in [1.54, 1.807) is 6.92 Å². The van der Waals surface area contributed by atoms with Gasteiger partial charge in [-0.15, -0.1) is 0 Å². The van der Waals surface area contributed by atoms with Crippen molar-refractivity contribution in [1.82, 2.24) is 4.98 Å². The van der Waals surface area contributed by atoms with Gasteiger partial charge < -0.3 is 10.3 Å². The Morgan fingerprint density at radius 2 is 1.75 bits per heavy atom. The third kappa shape index (κ3) is 2.71. The average molecular weight is 282 g/mol. The molecule has 1 heterocycles. The second kappa shape index (κ2) is 5.20. The summed E-state index contributed by atoms with van der Waals surface area (Å²) in [6, 6.07) is 2.03. The van der Waals surface area contributed by atoms with Crippen LogP contribution in [0.5, 0.6) is 0 Å². The van der Waals surface area contributed by atoms with Gasteiger partial charge in [0.1, 0.15) is 17.1 Å². The molecule has 0 bridgehead atoms. The minimum absolute atomic E-state index is 0.307. The van der Waals surface area contributed by atoms with E-state index >= 15 is 0 Å². The van der Waals surface area contributed by atoms with E-state index in [-0.39, 0.29) is 5.56 Å². The van der Waals surface area contributed by atoms with Gasteiger partial charge in [0.2, 0.25) is 0 Å². The van der Waals surface area contributed by atoms with Crippen LogP contribution >= 0.6 is 0 Å². The highest BCUT2D eigenvalue weighted by Crippen LogP contribution is 2.20. The lowest BCUT2D eigenvalue weighted by Gasteiger charge is -2.07. The normalized spacial score (nSPS) is 10.4. The van der Waals surface area contributed by atoms with Crippen LogP contribution in [-0.4, -0.2) is 10.9 Å². The van der Waals surface area contributed by atoms with E-state index in [0.29, 0.717) is 17.8 Å². The highest BCUT2D eigenvalue weighted by molar-refractivity contribution is 6.04. The fourth-order valence-corrected chi connectivity index (χ4v) is 1.59. The topological polar surface area (TPSA) is 62.0 Å². The third-order valence-corrected chi connectivity index (χ3v) is 2.55. The third-order valence-electron chi connectivity index (χ3n) is 2.55. The van der Waals surface area contributed by atoms with Gasteiger partial charge in [-0.1, -0.05) is 0 Å². The number of aromatic amines is 1. The number of benzene rings is 1. The first-order valence-corrected chi connectivity index (χ1v) is 5.53. The Balaban J connectivity index is 2.35. The number of rotatable bonds is 2. The monoisotopic (exact) mass is 282 g/mol. The SMILES string of the molecule is Cc1cc(=O)c(C(=O)Nc2c(F)cc(F)cc2F)c[nH]1. The van der Waals surface area contributed by atoms with Gasteiger partial charge in [-0.25, -0.2) is 13.2 Å². The number of carbonyl (C=O) groups excluding carboxylic acids is 1. The number of aryl methyl sites for hydroxylation is 1.